The highest BCUT2D eigenvalue weighted by Crippen LogP contribution is 2.08. The number of nitrogens with one attached hydrogen (secondary N) is 1. The number of ether oxygens (including phenoxy) is 1. The summed E-state index contributed by atoms with van der Waals surface area (Å²) in [6, 6.07) is 6.54. The first-order chi connectivity index (χ1) is 11.4. The fraction of sp³-hybridized carbons (Fsp3) is 0.250. The summed E-state index contributed by atoms with van der Waals surface area (Å²) in [6.07, 6.45) is 0.275. The molecule has 2 rings (SSSR count). The van der Waals surface area contributed by atoms with Crippen LogP contribution in [-0.4, -0.2) is 34.5 Å². The maximum absolute atomic E-state index is 11.4. The van der Waals surface area contributed by atoms with Gasteiger partial charge in [-0.25, -0.2) is 4.79 Å². The molecule has 0 aliphatic carbocycles. The van der Waals surface area contributed by atoms with Crippen LogP contribution in [0.2, 0.25) is 0 Å². The van der Waals surface area contributed by atoms with Gasteiger partial charge in [0.2, 0.25) is 5.13 Å². The van der Waals surface area contributed by atoms with Crippen LogP contribution in [0.3, 0.4) is 0 Å². The first-order valence-corrected chi connectivity index (χ1v) is 8.10. The van der Waals surface area contributed by atoms with Crippen molar-refractivity contribution < 1.29 is 19.5 Å². The lowest BCUT2D eigenvalue weighted by atomic mass is 10.2. The molecule has 0 spiro atoms. The van der Waals surface area contributed by atoms with E-state index in [1.807, 2.05) is 0 Å². The maximum atomic E-state index is 11.4. The number of nitrogens with two attached hydrogens (primary N) is 1. The number of carbonyl (C=O) groups is 1. The number of anilines is 1. The molecule has 3 N–H and O–H groups in total. The number of thiol groups is 1. The molecule has 0 atom stereocenters. The van der Waals surface area contributed by atoms with E-state index in [0.29, 0.717) is 14.6 Å². The zero-order valence-corrected chi connectivity index (χ0v) is 14.7. The van der Waals surface area contributed by atoms with Crippen molar-refractivity contribution in [3.63, 3.8) is 0 Å². The second kappa shape index (κ2) is 10.6. The average Bonchev–Trinajstić information content (AvgIpc) is 2.91. The van der Waals surface area contributed by atoms with Gasteiger partial charge in [0.25, 0.3) is 5.09 Å². The highest BCUT2D eigenvalue weighted by atomic mass is 32.1. The fourth-order valence-electron chi connectivity index (χ4n) is 1.29. The molecule has 0 aliphatic heterocycles. The quantitative estimate of drug-likeness (QED) is 0.171. The van der Waals surface area contributed by atoms with E-state index in [9.17, 15) is 14.9 Å². The molecule has 24 heavy (non-hydrogen) atoms. The summed E-state index contributed by atoms with van der Waals surface area (Å²) < 4.78 is 5.51. The Balaban J connectivity index is 0.000000341. The van der Waals surface area contributed by atoms with Crippen LogP contribution in [0.4, 0.5) is 5.13 Å². The standard InChI is InChI=1S/C10H11NO5S.C2H3N3S2/c12-10(8-2-4-9(17)5-3-8)15-6-1-7-16-11(13)14;3-1-4-5-2(6)7-1/h2-5,17H,1,6-7H2;(H2,3,4)(H,5,6). The maximum Gasteiger partial charge on any atom is 0.338 e. The minimum atomic E-state index is -0.882. The molecule has 0 saturated carbocycles. The van der Waals surface area contributed by atoms with Crippen LogP contribution in [0.1, 0.15) is 16.8 Å². The van der Waals surface area contributed by atoms with Crippen LogP contribution in [0.25, 0.3) is 0 Å². The molecule has 1 aromatic heterocycles. The Bertz CT molecular complexity index is 716. The van der Waals surface area contributed by atoms with E-state index in [-0.39, 0.29) is 19.6 Å². The van der Waals surface area contributed by atoms with Crippen molar-refractivity contribution in [2.24, 2.45) is 0 Å². The number of H-pyrrole nitrogens is 1. The smallest absolute Gasteiger partial charge is 0.338 e. The Morgan fingerprint density at radius 2 is 2.08 bits per heavy atom. The summed E-state index contributed by atoms with van der Waals surface area (Å²) in [6.45, 7) is -0.00877. The minimum absolute atomic E-state index is 0.0787. The molecule has 130 valence electrons. The fourth-order valence-corrected chi connectivity index (χ4v) is 2.11. The monoisotopic (exact) mass is 390 g/mol. The van der Waals surface area contributed by atoms with Crippen LogP contribution in [0.15, 0.2) is 29.2 Å². The molecule has 2 aromatic rings. The van der Waals surface area contributed by atoms with Gasteiger partial charge in [-0.05, 0) is 36.5 Å². The Hall–Kier alpha value is -2.18. The topological polar surface area (TPSA) is 133 Å². The number of benzene rings is 1. The predicted molar refractivity (Wildman–Crippen MR) is 93.3 cm³/mol. The number of nitrogens with zero attached hydrogens (tertiary/aromatic N) is 2. The van der Waals surface area contributed by atoms with Gasteiger partial charge in [-0.2, -0.15) is 0 Å². The van der Waals surface area contributed by atoms with Crippen LogP contribution >= 0.6 is 36.2 Å². The number of hydrogen-bond acceptors (Lipinski definition) is 10. The molecule has 0 fully saturated rings. The van der Waals surface area contributed by atoms with Crippen molar-refractivity contribution in [2.75, 3.05) is 18.9 Å². The predicted octanol–water partition coefficient (Wildman–Crippen LogP) is 2.51. The summed E-state index contributed by atoms with van der Waals surface area (Å²) in [7, 11) is 0. The highest BCUT2D eigenvalue weighted by Gasteiger charge is 2.06. The van der Waals surface area contributed by atoms with E-state index < -0.39 is 11.1 Å². The Kier molecular flexibility index (Phi) is 8.75. The van der Waals surface area contributed by atoms with Gasteiger partial charge >= 0.3 is 5.97 Å². The molecule has 1 aromatic carbocycles. The van der Waals surface area contributed by atoms with E-state index in [4.69, 9.17) is 10.5 Å². The number of esters is 1. The molecular weight excluding hydrogens is 376 g/mol. The summed E-state index contributed by atoms with van der Waals surface area (Å²) in [5.41, 5.74) is 5.60. The lowest BCUT2D eigenvalue weighted by Crippen LogP contribution is -2.09. The lowest BCUT2D eigenvalue weighted by molar-refractivity contribution is -0.757. The van der Waals surface area contributed by atoms with Crippen molar-refractivity contribution in [2.45, 2.75) is 11.3 Å². The number of carbonyl (C=O) groups excluding carboxylic acids is 1. The van der Waals surface area contributed by atoms with Gasteiger partial charge in [-0.3, -0.25) is 5.10 Å². The third-order valence-corrected chi connectivity index (χ3v) is 3.49. The SMILES string of the molecule is Nc1n[nH]c(=S)s1.O=C(OCCCO[N+](=O)[O-])c1ccc(S)cc1. The summed E-state index contributed by atoms with van der Waals surface area (Å²) in [5.74, 6) is -0.473. The van der Waals surface area contributed by atoms with E-state index in [1.165, 1.54) is 11.3 Å². The number of aromatic nitrogens is 2. The van der Waals surface area contributed by atoms with Gasteiger partial charge in [-0.1, -0.05) is 11.3 Å². The number of rotatable bonds is 6. The molecule has 0 radical (unpaired) electrons. The van der Waals surface area contributed by atoms with Gasteiger partial charge in [0.15, 0.2) is 3.95 Å². The molecule has 0 unspecified atom stereocenters. The van der Waals surface area contributed by atoms with Gasteiger partial charge in [0.1, 0.15) is 0 Å². The highest BCUT2D eigenvalue weighted by molar-refractivity contribution is 7.80. The van der Waals surface area contributed by atoms with Crippen LogP contribution in [0.5, 0.6) is 0 Å². The Labute approximate surface area is 151 Å². The van der Waals surface area contributed by atoms with Crippen molar-refractivity contribution in [1.82, 2.24) is 10.2 Å². The summed E-state index contributed by atoms with van der Waals surface area (Å²) in [5, 5.41) is 15.5. The zero-order valence-electron chi connectivity index (χ0n) is 12.2. The Morgan fingerprint density at radius 3 is 2.54 bits per heavy atom. The van der Waals surface area contributed by atoms with Crippen LogP contribution < -0.4 is 5.73 Å². The summed E-state index contributed by atoms with van der Waals surface area (Å²) in [4.78, 5) is 26.1. The first kappa shape index (κ1) is 19.9. The average molecular weight is 390 g/mol. The molecule has 0 aliphatic rings. The van der Waals surface area contributed by atoms with Gasteiger partial charge in [0, 0.05) is 11.3 Å². The second-order valence-corrected chi connectivity index (χ2v) is 6.26. The van der Waals surface area contributed by atoms with Crippen LogP contribution in [-0.2, 0) is 9.57 Å². The molecule has 0 bridgehead atoms. The van der Waals surface area contributed by atoms with Gasteiger partial charge < -0.3 is 15.3 Å². The lowest BCUT2D eigenvalue weighted by Gasteiger charge is -2.04. The normalized spacial score (nSPS) is 9.54. The first-order valence-electron chi connectivity index (χ1n) is 6.43. The second-order valence-electron chi connectivity index (χ2n) is 4.04. The minimum Gasteiger partial charge on any atom is -0.462 e. The van der Waals surface area contributed by atoms with Crippen molar-refractivity contribution >= 4 is 47.3 Å². The molecule has 0 amide bonds. The molecule has 1 heterocycles. The van der Waals surface area contributed by atoms with Crippen molar-refractivity contribution in [3.8, 4) is 0 Å². The van der Waals surface area contributed by atoms with Crippen LogP contribution in [0, 0.1) is 14.1 Å². The van der Waals surface area contributed by atoms with E-state index in [2.05, 4.69) is 39.9 Å². The van der Waals surface area contributed by atoms with Gasteiger partial charge in [0.05, 0.1) is 18.8 Å². The molecule has 9 nitrogen and oxygen atoms in total. The molecular formula is C12H14N4O5S3. The Morgan fingerprint density at radius 1 is 1.42 bits per heavy atom. The number of hydrogen-bond donors (Lipinski definition) is 3. The third-order valence-electron chi connectivity index (χ3n) is 2.28. The molecule has 12 heteroatoms. The zero-order chi connectivity index (χ0) is 17.9. The van der Waals surface area contributed by atoms with E-state index in [1.54, 1.807) is 24.3 Å². The molecule has 0 saturated heterocycles. The number of nitrogen functional groups attached to an aromatic ring is 1. The van der Waals surface area contributed by atoms with Crippen molar-refractivity contribution in [1.29, 1.82) is 0 Å². The van der Waals surface area contributed by atoms with E-state index >= 15 is 0 Å². The van der Waals surface area contributed by atoms with Crippen molar-refractivity contribution in [3.05, 3.63) is 43.9 Å². The van der Waals surface area contributed by atoms with Gasteiger partial charge in [-0.15, -0.1) is 27.8 Å². The number of aromatic amines is 1. The summed E-state index contributed by atoms with van der Waals surface area (Å²) >= 11 is 10.0. The third kappa shape index (κ3) is 8.45. The largest absolute Gasteiger partial charge is 0.462 e. The van der Waals surface area contributed by atoms with E-state index in [0.717, 1.165) is 4.90 Å².